The van der Waals surface area contributed by atoms with Crippen molar-refractivity contribution in [1.82, 2.24) is 4.98 Å². The first-order valence-electron chi connectivity index (χ1n) is 10.5. The summed E-state index contributed by atoms with van der Waals surface area (Å²) in [6.07, 6.45) is 2.18. The van der Waals surface area contributed by atoms with Crippen molar-refractivity contribution in [2.75, 3.05) is 0 Å². The second-order valence-corrected chi connectivity index (χ2v) is 8.41. The Morgan fingerprint density at radius 1 is 0.767 bits per heavy atom. The maximum Gasteiger partial charge on any atom is 0.0762 e. The van der Waals surface area contributed by atoms with Crippen LogP contribution in [0.5, 0.6) is 0 Å². The molecule has 30 heavy (non-hydrogen) atoms. The molecule has 1 N–H and O–H groups in total. The van der Waals surface area contributed by atoms with Crippen molar-refractivity contribution in [3.8, 4) is 0 Å². The molecule has 0 saturated carbocycles. The summed E-state index contributed by atoms with van der Waals surface area (Å²) in [6.45, 7) is 10.8. The van der Waals surface area contributed by atoms with Crippen molar-refractivity contribution in [2.24, 2.45) is 4.99 Å². The van der Waals surface area contributed by atoms with Crippen LogP contribution in [0, 0.1) is 20.8 Å². The lowest BCUT2D eigenvalue weighted by molar-refractivity contribution is 1.21. The molecule has 2 heterocycles. The molecular weight excluding hydrogens is 364 g/mol. The maximum atomic E-state index is 4.99. The molecule has 1 aliphatic rings. The second-order valence-electron chi connectivity index (χ2n) is 8.41. The number of aromatic amines is 1. The van der Waals surface area contributed by atoms with Crippen LogP contribution in [-0.2, 0) is 0 Å². The summed E-state index contributed by atoms with van der Waals surface area (Å²) < 4.78 is 0. The van der Waals surface area contributed by atoms with Crippen molar-refractivity contribution < 1.29 is 0 Å². The van der Waals surface area contributed by atoms with Gasteiger partial charge in [0.2, 0.25) is 0 Å². The third-order valence-corrected chi connectivity index (χ3v) is 6.17. The molecule has 148 valence electrons. The molecule has 0 aliphatic carbocycles. The third-order valence-electron chi connectivity index (χ3n) is 6.17. The van der Waals surface area contributed by atoms with E-state index in [-0.39, 0.29) is 0 Å². The Morgan fingerprint density at radius 3 is 1.80 bits per heavy atom. The summed E-state index contributed by atoms with van der Waals surface area (Å²) >= 11 is 0. The van der Waals surface area contributed by atoms with Gasteiger partial charge in [0.15, 0.2) is 0 Å². The standard InChI is InChI=1S/C28H26N2/c1-16-14-18(3)29-27(16)26(28-17(2)15-19(4)30-28)25-23-12-8-6-10-21(23)20(5)22-11-7-9-13-24(22)25/h6-15,29H,1-5H3/b28-26+. The zero-order chi connectivity index (χ0) is 21.0. The number of hydrogen-bond donors (Lipinski definition) is 1. The summed E-state index contributed by atoms with van der Waals surface area (Å²) in [4.78, 5) is 8.64. The van der Waals surface area contributed by atoms with Gasteiger partial charge in [-0.05, 0) is 85.0 Å². The zero-order valence-corrected chi connectivity index (χ0v) is 18.2. The Morgan fingerprint density at radius 2 is 1.33 bits per heavy atom. The van der Waals surface area contributed by atoms with Crippen LogP contribution in [0.3, 0.4) is 0 Å². The summed E-state index contributed by atoms with van der Waals surface area (Å²) in [6, 6.07) is 19.7. The Bertz CT molecular complexity index is 1370. The molecule has 1 aliphatic heterocycles. The minimum Gasteiger partial charge on any atom is -0.358 e. The number of aromatic nitrogens is 1. The van der Waals surface area contributed by atoms with Crippen molar-refractivity contribution in [1.29, 1.82) is 0 Å². The van der Waals surface area contributed by atoms with E-state index < -0.39 is 0 Å². The molecular formula is C28H26N2. The van der Waals surface area contributed by atoms with Crippen LogP contribution in [0.25, 0.3) is 27.1 Å². The van der Waals surface area contributed by atoms with Crippen LogP contribution in [0.15, 0.2) is 76.9 Å². The van der Waals surface area contributed by atoms with Gasteiger partial charge >= 0.3 is 0 Å². The molecule has 2 nitrogen and oxygen atoms in total. The minimum atomic E-state index is 1.06. The number of aryl methyl sites for hydroxylation is 3. The molecule has 4 aromatic rings. The normalized spacial score (nSPS) is 15.6. The average molecular weight is 391 g/mol. The van der Waals surface area contributed by atoms with E-state index in [2.05, 4.69) is 100 Å². The summed E-state index contributed by atoms with van der Waals surface area (Å²) in [7, 11) is 0. The average Bonchev–Trinajstić information content (AvgIpc) is 3.24. The highest BCUT2D eigenvalue weighted by atomic mass is 14.8. The first-order chi connectivity index (χ1) is 14.5. The fraction of sp³-hybridized carbons (Fsp3) is 0.179. The van der Waals surface area contributed by atoms with Crippen molar-refractivity contribution in [3.63, 3.8) is 0 Å². The van der Waals surface area contributed by atoms with E-state index >= 15 is 0 Å². The molecule has 0 fully saturated rings. The Hall–Kier alpha value is -3.39. The number of H-pyrrole nitrogens is 1. The van der Waals surface area contributed by atoms with E-state index in [4.69, 9.17) is 4.99 Å². The molecule has 2 heteroatoms. The first kappa shape index (κ1) is 18.6. The lowest BCUT2D eigenvalue weighted by atomic mass is 9.85. The lowest BCUT2D eigenvalue weighted by Gasteiger charge is -2.19. The van der Waals surface area contributed by atoms with Crippen LogP contribution in [0.1, 0.15) is 41.9 Å². The smallest absolute Gasteiger partial charge is 0.0762 e. The molecule has 0 radical (unpaired) electrons. The van der Waals surface area contributed by atoms with Gasteiger partial charge in [-0.3, -0.25) is 4.99 Å². The van der Waals surface area contributed by atoms with Gasteiger partial charge in [-0.1, -0.05) is 48.5 Å². The highest BCUT2D eigenvalue weighted by Crippen LogP contribution is 2.43. The Labute approximate surface area is 177 Å². The van der Waals surface area contributed by atoms with Crippen LogP contribution in [0.4, 0.5) is 0 Å². The SMILES string of the molecule is CC1=CC(C)=N/C1=C(/c1[nH]c(C)cc1C)c1c2ccccc2c(C)c2ccccc12. The van der Waals surface area contributed by atoms with E-state index in [1.807, 2.05) is 0 Å². The predicted molar refractivity (Wildman–Crippen MR) is 129 cm³/mol. The van der Waals surface area contributed by atoms with E-state index in [9.17, 15) is 0 Å². The van der Waals surface area contributed by atoms with Gasteiger partial charge in [0.25, 0.3) is 0 Å². The number of aliphatic imine (C=N–C) groups is 1. The van der Waals surface area contributed by atoms with E-state index in [1.54, 1.807) is 0 Å². The van der Waals surface area contributed by atoms with Gasteiger partial charge in [-0.25, -0.2) is 0 Å². The number of rotatable bonds is 2. The zero-order valence-electron chi connectivity index (χ0n) is 18.2. The monoisotopic (exact) mass is 390 g/mol. The molecule has 0 amide bonds. The molecule has 0 spiro atoms. The third kappa shape index (κ3) is 2.75. The highest BCUT2D eigenvalue weighted by molar-refractivity contribution is 6.15. The lowest BCUT2D eigenvalue weighted by Crippen LogP contribution is -2.00. The largest absolute Gasteiger partial charge is 0.358 e. The van der Waals surface area contributed by atoms with Crippen molar-refractivity contribution in [2.45, 2.75) is 34.6 Å². The van der Waals surface area contributed by atoms with Crippen LogP contribution in [-0.4, -0.2) is 10.7 Å². The number of fused-ring (bicyclic) bond motifs is 2. The van der Waals surface area contributed by atoms with Crippen LogP contribution < -0.4 is 0 Å². The van der Waals surface area contributed by atoms with Gasteiger partial charge < -0.3 is 4.98 Å². The molecule has 0 atom stereocenters. The van der Waals surface area contributed by atoms with Crippen LogP contribution >= 0.6 is 0 Å². The maximum absolute atomic E-state index is 4.99. The fourth-order valence-corrected chi connectivity index (χ4v) is 4.90. The molecule has 0 saturated heterocycles. The van der Waals surface area contributed by atoms with Gasteiger partial charge in [0, 0.05) is 22.5 Å². The summed E-state index contributed by atoms with van der Waals surface area (Å²) in [5.41, 5.74) is 10.7. The number of benzene rings is 3. The molecule has 5 rings (SSSR count). The van der Waals surface area contributed by atoms with Gasteiger partial charge in [-0.15, -0.1) is 0 Å². The number of hydrogen-bond acceptors (Lipinski definition) is 1. The van der Waals surface area contributed by atoms with Crippen LogP contribution in [0.2, 0.25) is 0 Å². The van der Waals surface area contributed by atoms with Gasteiger partial charge in [-0.2, -0.15) is 0 Å². The van der Waals surface area contributed by atoms with Gasteiger partial charge in [0.1, 0.15) is 0 Å². The predicted octanol–water partition coefficient (Wildman–Crippen LogP) is 7.43. The molecule has 0 bridgehead atoms. The molecule has 3 aromatic carbocycles. The topological polar surface area (TPSA) is 28.1 Å². The summed E-state index contributed by atoms with van der Waals surface area (Å²) in [5, 5.41) is 5.14. The minimum absolute atomic E-state index is 1.06. The van der Waals surface area contributed by atoms with Crippen molar-refractivity contribution >= 4 is 32.8 Å². The van der Waals surface area contributed by atoms with E-state index in [1.165, 1.54) is 55.1 Å². The van der Waals surface area contributed by atoms with Gasteiger partial charge in [0.05, 0.1) is 11.4 Å². The number of nitrogens with one attached hydrogen (secondary N) is 1. The van der Waals surface area contributed by atoms with E-state index in [0.29, 0.717) is 0 Å². The second kappa shape index (κ2) is 6.84. The highest BCUT2D eigenvalue weighted by Gasteiger charge is 2.24. The molecule has 1 aromatic heterocycles. The fourth-order valence-electron chi connectivity index (χ4n) is 4.90. The van der Waals surface area contributed by atoms with Crippen molar-refractivity contribution in [3.05, 3.63) is 100 Å². The Balaban J connectivity index is 2.04. The molecule has 0 unspecified atom stereocenters. The van der Waals surface area contributed by atoms with E-state index in [0.717, 1.165) is 17.1 Å². The number of allylic oxidation sites excluding steroid dienone is 2. The first-order valence-corrected chi connectivity index (χ1v) is 10.5. The quantitative estimate of drug-likeness (QED) is 0.345. The Kier molecular flexibility index (Phi) is 4.25. The summed E-state index contributed by atoms with van der Waals surface area (Å²) in [5.74, 6) is 0. The number of nitrogens with zero attached hydrogens (tertiary/aromatic N) is 1.